The van der Waals surface area contributed by atoms with Gasteiger partial charge in [0.05, 0.1) is 7.11 Å². The number of hydrogen-bond donors (Lipinski definition) is 0. The standard InChI is InChI=1S/C5H13O6PS/c1-5(13(7,8)11-4)12(6,9-2)10-3/h5H,1-4H3. The van der Waals surface area contributed by atoms with Crippen molar-refractivity contribution in [3.8, 4) is 0 Å². The largest absolute Gasteiger partial charge is 0.350 e. The summed E-state index contributed by atoms with van der Waals surface area (Å²) in [6.45, 7) is 1.20. The summed E-state index contributed by atoms with van der Waals surface area (Å²) in [5, 5.41) is 0. The third-order valence-corrected chi connectivity index (χ3v) is 6.36. The van der Waals surface area contributed by atoms with Gasteiger partial charge in [-0.25, -0.2) is 0 Å². The summed E-state index contributed by atoms with van der Waals surface area (Å²) in [7, 11) is -4.29. The third kappa shape index (κ3) is 2.75. The maximum absolute atomic E-state index is 11.6. The first kappa shape index (κ1) is 13.1. The Labute approximate surface area is 77.8 Å². The highest BCUT2D eigenvalue weighted by Crippen LogP contribution is 2.53. The van der Waals surface area contributed by atoms with E-state index in [1.165, 1.54) is 6.92 Å². The first-order valence-electron chi connectivity index (χ1n) is 3.34. The Balaban J connectivity index is 4.99. The van der Waals surface area contributed by atoms with E-state index in [9.17, 15) is 13.0 Å². The van der Waals surface area contributed by atoms with Gasteiger partial charge < -0.3 is 9.05 Å². The van der Waals surface area contributed by atoms with Crippen molar-refractivity contribution in [2.75, 3.05) is 21.3 Å². The van der Waals surface area contributed by atoms with Crippen LogP contribution in [0.2, 0.25) is 0 Å². The Hall–Kier alpha value is 0.0600. The smallest absolute Gasteiger partial charge is 0.311 e. The normalized spacial score (nSPS) is 15.7. The van der Waals surface area contributed by atoms with Crippen LogP contribution in [0.1, 0.15) is 6.92 Å². The first-order valence-corrected chi connectivity index (χ1v) is 6.43. The summed E-state index contributed by atoms with van der Waals surface area (Å²) in [6.07, 6.45) is 0. The van der Waals surface area contributed by atoms with Gasteiger partial charge in [0.25, 0.3) is 10.1 Å². The fourth-order valence-corrected chi connectivity index (χ4v) is 3.73. The van der Waals surface area contributed by atoms with Crippen LogP contribution in [0.15, 0.2) is 0 Å². The lowest BCUT2D eigenvalue weighted by molar-refractivity contribution is 0.271. The minimum atomic E-state index is -3.89. The zero-order valence-electron chi connectivity index (χ0n) is 7.88. The second-order valence-corrected chi connectivity index (χ2v) is 7.12. The molecule has 0 fully saturated rings. The molecule has 8 heteroatoms. The Morgan fingerprint density at radius 1 is 1.15 bits per heavy atom. The fraction of sp³-hybridized carbons (Fsp3) is 1.00. The molecule has 0 aromatic heterocycles. The van der Waals surface area contributed by atoms with Crippen LogP contribution in [0.5, 0.6) is 0 Å². The minimum absolute atomic E-state index is 0.988. The Kier molecular flexibility index (Phi) is 4.54. The van der Waals surface area contributed by atoms with E-state index in [1.54, 1.807) is 0 Å². The lowest BCUT2D eigenvalue weighted by Gasteiger charge is -2.19. The number of rotatable bonds is 5. The van der Waals surface area contributed by atoms with Crippen LogP contribution < -0.4 is 0 Å². The predicted octanol–water partition coefficient (Wildman–Crippen LogP) is 0.794. The van der Waals surface area contributed by atoms with E-state index in [0.29, 0.717) is 0 Å². The molecule has 0 saturated heterocycles. The monoisotopic (exact) mass is 232 g/mol. The fourth-order valence-electron chi connectivity index (χ4n) is 0.669. The highest BCUT2D eigenvalue weighted by molar-refractivity contribution is 7.94. The highest BCUT2D eigenvalue weighted by atomic mass is 32.2. The molecule has 80 valence electrons. The topological polar surface area (TPSA) is 78.9 Å². The molecule has 0 rings (SSSR count). The average Bonchev–Trinajstić information content (AvgIpc) is 2.15. The SMILES string of the molecule is COP(=O)(OC)C(C)S(=O)(=O)OC. The van der Waals surface area contributed by atoms with Crippen LogP contribution in [0.25, 0.3) is 0 Å². The Bertz CT molecular complexity index is 288. The van der Waals surface area contributed by atoms with Gasteiger partial charge >= 0.3 is 7.60 Å². The van der Waals surface area contributed by atoms with Gasteiger partial charge in [-0.1, -0.05) is 0 Å². The van der Waals surface area contributed by atoms with Gasteiger partial charge in [0.1, 0.15) is 0 Å². The molecule has 1 atom stereocenters. The van der Waals surface area contributed by atoms with Crippen molar-refractivity contribution in [1.82, 2.24) is 0 Å². The molecule has 0 aromatic carbocycles. The van der Waals surface area contributed by atoms with Gasteiger partial charge in [-0.15, -0.1) is 0 Å². The van der Waals surface area contributed by atoms with Crippen LogP contribution in [0.4, 0.5) is 0 Å². The summed E-state index contributed by atoms with van der Waals surface area (Å²) in [5.74, 6) is 0. The molecule has 0 amide bonds. The van der Waals surface area contributed by atoms with Crippen LogP contribution >= 0.6 is 7.60 Å². The van der Waals surface area contributed by atoms with Crippen LogP contribution in [-0.2, 0) is 27.9 Å². The third-order valence-electron chi connectivity index (χ3n) is 1.60. The second-order valence-electron chi connectivity index (χ2n) is 2.16. The molecule has 0 aliphatic heterocycles. The summed E-state index contributed by atoms with van der Waals surface area (Å²) in [5.41, 5.74) is 0. The molecule has 0 bridgehead atoms. The summed E-state index contributed by atoms with van der Waals surface area (Å²) in [4.78, 5) is -1.33. The maximum Gasteiger partial charge on any atom is 0.350 e. The van der Waals surface area contributed by atoms with Crippen molar-refractivity contribution >= 4 is 17.7 Å². The van der Waals surface area contributed by atoms with E-state index in [-0.39, 0.29) is 0 Å². The van der Waals surface area contributed by atoms with Crippen molar-refractivity contribution in [2.45, 2.75) is 11.9 Å². The molecule has 1 unspecified atom stereocenters. The van der Waals surface area contributed by atoms with Gasteiger partial charge in [-0.2, -0.15) is 8.42 Å². The molecule has 0 saturated carbocycles. The molecule has 0 aromatic rings. The second kappa shape index (κ2) is 4.52. The van der Waals surface area contributed by atoms with E-state index in [1.807, 2.05) is 0 Å². The van der Waals surface area contributed by atoms with Crippen LogP contribution in [0.3, 0.4) is 0 Å². The molecule has 0 radical (unpaired) electrons. The van der Waals surface area contributed by atoms with E-state index >= 15 is 0 Å². The minimum Gasteiger partial charge on any atom is -0.311 e. The predicted molar refractivity (Wildman–Crippen MR) is 47.0 cm³/mol. The molecule has 6 nitrogen and oxygen atoms in total. The summed E-state index contributed by atoms with van der Waals surface area (Å²) >= 11 is 0. The van der Waals surface area contributed by atoms with Gasteiger partial charge in [0, 0.05) is 14.2 Å². The molecular formula is C5H13O6PS. The van der Waals surface area contributed by atoms with Crippen molar-refractivity contribution < 1.29 is 26.2 Å². The molecule has 13 heavy (non-hydrogen) atoms. The molecule has 0 aliphatic rings. The van der Waals surface area contributed by atoms with Gasteiger partial charge in [0.2, 0.25) is 0 Å². The average molecular weight is 232 g/mol. The zero-order chi connectivity index (χ0) is 10.7. The van der Waals surface area contributed by atoms with Crippen LogP contribution in [-0.4, -0.2) is 34.7 Å². The maximum atomic E-state index is 11.6. The van der Waals surface area contributed by atoms with Gasteiger partial charge in [-0.3, -0.25) is 8.75 Å². The lowest BCUT2D eigenvalue weighted by atomic mass is 11.0. The molecule has 0 heterocycles. The molecule has 0 N–H and O–H groups in total. The van der Waals surface area contributed by atoms with Crippen molar-refractivity contribution in [3.05, 3.63) is 0 Å². The molecule has 0 aliphatic carbocycles. The lowest BCUT2D eigenvalue weighted by Crippen LogP contribution is -2.20. The molecule has 0 spiro atoms. The number of hydrogen-bond acceptors (Lipinski definition) is 6. The quantitative estimate of drug-likeness (QED) is 0.515. The zero-order valence-corrected chi connectivity index (χ0v) is 9.59. The highest BCUT2D eigenvalue weighted by Gasteiger charge is 2.40. The van der Waals surface area contributed by atoms with Gasteiger partial charge in [0.15, 0.2) is 4.99 Å². The van der Waals surface area contributed by atoms with Crippen molar-refractivity contribution in [1.29, 1.82) is 0 Å². The van der Waals surface area contributed by atoms with Crippen molar-refractivity contribution in [3.63, 3.8) is 0 Å². The van der Waals surface area contributed by atoms with Crippen molar-refractivity contribution in [2.24, 2.45) is 0 Å². The van der Waals surface area contributed by atoms with E-state index in [2.05, 4.69) is 13.2 Å². The van der Waals surface area contributed by atoms with E-state index in [4.69, 9.17) is 0 Å². The summed E-state index contributed by atoms with van der Waals surface area (Å²) in [6, 6.07) is 0. The summed E-state index contributed by atoms with van der Waals surface area (Å²) < 4.78 is 47.0. The van der Waals surface area contributed by atoms with E-state index < -0.39 is 22.7 Å². The first-order chi connectivity index (χ1) is 5.84. The van der Waals surface area contributed by atoms with Crippen LogP contribution in [0, 0.1) is 0 Å². The van der Waals surface area contributed by atoms with E-state index in [0.717, 1.165) is 21.3 Å². The molecular weight excluding hydrogens is 219 g/mol. The van der Waals surface area contributed by atoms with Gasteiger partial charge in [-0.05, 0) is 6.92 Å². The Morgan fingerprint density at radius 2 is 1.54 bits per heavy atom. The Morgan fingerprint density at radius 3 is 1.77 bits per heavy atom.